The van der Waals surface area contributed by atoms with Gasteiger partial charge in [-0.2, -0.15) is 0 Å². The number of hydrogen-bond donors (Lipinski definition) is 1. The second-order valence-corrected chi connectivity index (χ2v) is 3.50. The summed E-state index contributed by atoms with van der Waals surface area (Å²) in [6, 6.07) is 8.32. The molecule has 80 valence electrons. The van der Waals surface area contributed by atoms with E-state index in [-0.39, 0.29) is 0 Å². The second kappa shape index (κ2) is 6.10. The van der Waals surface area contributed by atoms with Crippen molar-refractivity contribution in [1.29, 1.82) is 0 Å². The van der Waals surface area contributed by atoms with Gasteiger partial charge in [0.2, 0.25) is 0 Å². The summed E-state index contributed by atoms with van der Waals surface area (Å²) in [5, 5.41) is 3.35. The molecule has 0 spiro atoms. The number of nitrogens with one attached hydrogen (secondary N) is 1. The van der Waals surface area contributed by atoms with Crippen molar-refractivity contribution in [2.75, 3.05) is 7.11 Å². The van der Waals surface area contributed by atoms with E-state index in [4.69, 9.17) is 11.2 Å². The Hall–Kier alpha value is -1.46. The van der Waals surface area contributed by atoms with E-state index in [9.17, 15) is 0 Å². The molecule has 1 atom stereocenters. The molecule has 0 radical (unpaired) electrons. The quantitative estimate of drug-likeness (QED) is 0.741. The molecular weight excluding hydrogens is 186 g/mol. The van der Waals surface area contributed by atoms with Gasteiger partial charge in [-0.3, -0.25) is 0 Å². The van der Waals surface area contributed by atoms with E-state index in [0.29, 0.717) is 6.04 Å². The highest BCUT2D eigenvalue weighted by Crippen LogP contribution is 2.16. The van der Waals surface area contributed by atoms with Gasteiger partial charge in [-0.05, 0) is 13.0 Å². The van der Waals surface area contributed by atoms with E-state index in [0.717, 1.165) is 24.3 Å². The molecule has 0 saturated carbocycles. The topological polar surface area (TPSA) is 21.3 Å². The maximum atomic E-state index is 5.26. The minimum absolute atomic E-state index is 0.333. The molecule has 1 rings (SSSR count). The first-order valence-electron chi connectivity index (χ1n) is 5.06. The normalized spacial score (nSPS) is 11.8. The van der Waals surface area contributed by atoms with Crippen LogP contribution in [0.4, 0.5) is 0 Å². The molecular formula is C13H17NO. The van der Waals surface area contributed by atoms with E-state index >= 15 is 0 Å². The Morgan fingerprint density at radius 2 is 2.20 bits per heavy atom. The number of rotatable bonds is 5. The third-order valence-electron chi connectivity index (χ3n) is 2.26. The molecule has 15 heavy (non-hydrogen) atoms. The van der Waals surface area contributed by atoms with Crippen LogP contribution in [0, 0.1) is 12.3 Å². The fourth-order valence-electron chi connectivity index (χ4n) is 1.38. The standard InChI is InChI=1S/C13H17NO/c1-4-7-11(2)14-10-12-8-5-6-9-13(12)15-3/h1,5-6,8-9,11,14H,7,10H2,2-3H3. The third kappa shape index (κ3) is 3.65. The molecule has 1 aromatic carbocycles. The zero-order valence-corrected chi connectivity index (χ0v) is 9.29. The number of para-hydroxylation sites is 1. The smallest absolute Gasteiger partial charge is 0.123 e. The van der Waals surface area contributed by atoms with Crippen molar-refractivity contribution in [3.8, 4) is 18.1 Å². The van der Waals surface area contributed by atoms with Gasteiger partial charge >= 0.3 is 0 Å². The molecule has 1 aromatic rings. The summed E-state index contributed by atoms with van der Waals surface area (Å²) in [7, 11) is 1.68. The summed E-state index contributed by atoms with van der Waals surface area (Å²) in [5.74, 6) is 3.55. The Labute approximate surface area is 91.6 Å². The molecule has 0 saturated heterocycles. The van der Waals surface area contributed by atoms with E-state index in [2.05, 4.69) is 24.2 Å². The molecule has 1 N–H and O–H groups in total. The van der Waals surface area contributed by atoms with Crippen LogP contribution in [-0.2, 0) is 6.54 Å². The number of benzene rings is 1. The van der Waals surface area contributed by atoms with E-state index < -0.39 is 0 Å². The molecule has 0 aliphatic rings. The van der Waals surface area contributed by atoms with Gasteiger partial charge in [0.05, 0.1) is 7.11 Å². The van der Waals surface area contributed by atoms with Crippen LogP contribution in [0.15, 0.2) is 24.3 Å². The first-order chi connectivity index (χ1) is 7.27. The highest BCUT2D eigenvalue weighted by Gasteiger charge is 2.03. The minimum Gasteiger partial charge on any atom is -0.496 e. The largest absolute Gasteiger partial charge is 0.496 e. The summed E-state index contributed by atoms with van der Waals surface area (Å²) in [6.07, 6.45) is 5.98. The Morgan fingerprint density at radius 3 is 2.87 bits per heavy atom. The van der Waals surface area contributed by atoms with Gasteiger partial charge in [-0.25, -0.2) is 0 Å². The molecule has 0 aliphatic carbocycles. The second-order valence-electron chi connectivity index (χ2n) is 3.50. The van der Waals surface area contributed by atoms with Gasteiger partial charge in [0.25, 0.3) is 0 Å². The summed E-state index contributed by atoms with van der Waals surface area (Å²) < 4.78 is 5.26. The van der Waals surface area contributed by atoms with Crippen LogP contribution in [0.5, 0.6) is 5.75 Å². The molecule has 0 aromatic heterocycles. The van der Waals surface area contributed by atoms with Gasteiger partial charge in [0.15, 0.2) is 0 Å². The summed E-state index contributed by atoms with van der Waals surface area (Å²) >= 11 is 0. The van der Waals surface area contributed by atoms with Crippen LogP contribution in [0.3, 0.4) is 0 Å². The third-order valence-corrected chi connectivity index (χ3v) is 2.26. The SMILES string of the molecule is C#CCC(C)NCc1ccccc1OC. The fourth-order valence-corrected chi connectivity index (χ4v) is 1.38. The van der Waals surface area contributed by atoms with Crippen LogP contribution in [-0.4, -0.2) is 13.2 Å². The van der Waals surface area contributed by atoms with Crippen molar-refractivity contribution in [3.05, 3.63) is 29.8 Å². The van der Waals surface area contributed by atoms with Crippen molar-refractivity contribution in [2.24, 2.45) is 0 Å². The molecule has 0 aliphatic heterocycles. The van der Waals surface area contributed by atoms with Gasteiger partial charge in [-0.1, -0.05) is 18.2 Å². The van der Waals surface area contributed by atoms with Crippen LogP contribution in [0.2, 0.25) is 0 Å². The van der Waals surface area contributed by atoms with Crippen LogP contribution < -0.4 is 10.1 Å². The van der Waals surface area contributed by atoms with Crippen molar-refractivity contribution in [2.45, 2.75) is 25.9 Å². The Balaban J connectivity index is 2.54. The average Bonchev–Trinajstić information content (AvgIpc) is 2.27. The molecule has 0 heterocycles. The van der Waals surface area contributed by atoms with Crippen molar-refractivity contribution < 1.29 is 4.74 Å². The predicted molar refractivity (Wildman–Crippen MR) is 62.7 cm³/mol. The van der Waals surface area contributed by atoms with Gasteiger partial charge in [0, 0.05) is 24.6 Å². The maximum absolute atomic E-state index is 5.26. The molecule has 0 fully saturated rings. The van der Waals surface area contributed by atoms with Gasteiger partial charge in [0.1, 0.15) is 5.75 Å². The number of methoxy groups -OCH3 is 1. The molecule has 2 heteroatoms. The zero-order valence-electron chi connectivity index (χ0n) is 9.29. The monoisotopic (exact) mass is 203 g/mol. The number of hydrogen-bond acceptors (Lipinski definition) is 2. The van der Waals surface area contributed by atoms with Gasteiger partial charge < -0.3 is 10.1 Å². The zero-order chi connectivity index (χ0) is 11.1. The van der Waals surface area contributed by atoms with E-state index in [1.165, 1.54) is 0 Å². The lowest BCUT2D eigenvalue weighted by atomic mass is 10.1. The van der Waals surface area contributed by atoms with Crippen molar-refractivity contribution in [1.82, 2.24) is 5.32 Å². The summed E-state index contributed by atoms with van der Waals surface area (Å²) in [4.78, 5) is 0. The van der Waals surface area contributed by atoms with E-state index in [1.807, 2.05) is 18.2 Å². The Bertz CT molecular complexity index is 341. The molecule has 0 bridgehead atoms. The first-order valence-corrected chi connectivity index (χ1v) is 5.06. The van der Waals surface area contributed by atoms with Crippen molar-refractivity contribution >= 4 is 0 Å². The predicted octanol–water partition coefficient (Wildman–Crippen LogP) is 2.20. The van der Waals surface area contributed by atoms with Gasteiger partial charge in [-0.15, -0.1) is 12.3 Å². The fraction of sp³-hybridized carbons (Fsp3) is 0.385. The minimum atomic E-state index is 0.333. The lowest BCUT2D eigenvalue weighted by Crippen LogP contribution is -2.25. The maximum Gasteiger partial charge on any atom is 0.123 e. The highest BCUT2D eigenvalue weighted by molar-refractivity contribution is 5.33. The van der Waals surface area contributed by atoms with Crippen molar-refractivity contribution in [3.63, 3.8) is 0 Å². The average molecular weight is 203 g/mol. The first kappa shape index (κ1) is 11.6. The van der Waals surface area contributed by atoms with Crippen LogP contribution in [0.25, 0.3) is 0 Å². The molecule has 1 unspecified atom stereocenters. The van der Waals surface area contributed by atoms with Crippen LogP contribution >= 0.6 is 0 Å². The number of terminal acetylenes is 1. The van der Waals surface area contributed by atoms with E-state index in [1.54, 1.807) is 7.11 Å². The summed E-state index contributed by atoms with van der Waals surface area (Å²) in [5.41, 5.74) is 1.16. The lowest BCUT2D eigenvalue weighted by molar-refractivity contribution is 0.406. The highest BCUT2D eigenvalue weighted by atomic mass is 16.5. The Kier molecular flexibility index (Phi) is 4.73. The number of ether oxygens (including phenoxy) is 1. The molecule has 0 amide bonds. The summed E-state index contributed by atoms with van der Waals surface area (Å²) in [6.45, 7) is 2.86. The van der Waals surface area contributed by atoms with Crippen LogP contribution in [0.1, 0.15) is 18.9 Å². The lowest BCUT2D eigenvalue weighted by Gasteiger charge is -2.13. The Morgan fingerprint density at radius 1 is 1.47 bits per heavy atom. The molecule has 2 nitrogen and oxygen atoms in total.